The summed E-state index contributed by atoms with van der Waals surface area (Å²) in [5.41, 5.74) is 2.56. The lowest BCUT2D eigenvalue weighted by Gasteiger charge is -2.18. The van der Waals surface area contributed by atoms with Gasteiger partial charge < -0.3 is 4.90 Å². The number of carbonyl (C=O) groups excluding carboxylic acids is 1. The van der Waals surface area contributed by atoms with Crippen LogP contribution in [0.3, 0.4) is 0 Å². The monoisotopic (exact) mass is 438 g/mol. The molecule has 0 fully saturated rings. The molecule has 0 bridgehead atoms. The number of carbonyl (C=O) groups is 1. The highest BCUT2D eigenvalue weighted by Crippen LogP contribution is 2.18. The Morgan fingerprint density at radius 2 is 1.85 bits per heavy atom. The molecule has 1 N–H and O–H groups in total. The van der Waals surface area contributed by atoms with Crippen LogP contribution in [0, 0.1) is 13.8 Å². The summed E-state index contributed by atoms with van der Waals surface area (Å²) in [7, 11) is -1.92. The molecule has 0 unspecified atom stereocenters. The van der Waals surface area contributed by atoms with E-state index in [9.17, 15) is 13.2 Å². The predicted octanol–water partition coefficient (Wildman–Crippen LogP) is 3.39. The molecule has 0 saturated carbocycles. The third kappa shape index (κ3) is 5.40. The Balaban J connectivity index is 1.93. The van der Waals surface area contributed by atoms with E-state index in [0.717, 1.165) is 15.6 Å². The summed E-state index contributed by atoms with van der Waals surface area (Å²) in [5, 5.41) is 0. The van der Waals surface area contributed by atoms with E-state index in [2.05, 4.69) is 20.7 Å². The molecule has 26 heavy (non-hydrogen) atoms. The molecule has 0 aliphatic carbocycles. The smallest absolute Gasteiger partial charge is 0.240 e. The third-order valence-electron chi connectivity index (χ3n) is 4.06. The molecule has 5 nitrogen and oxygen atoms in total. The van der Waals surface area contributed by atoms with Crippen LogP contribution in [0.1, 0.15) is 23.1 Å². The normalized spacial score (nSPS) is 11.4. The van der Waals surface area contributed by atoms with E-state index >= 15 is 0 Å². The van der Waals surface area contributed by atoms with Gasteiger partial charge in [-0.2, -0.15) is 0 Å². The fourth-order valence-corrected chi connectivity index (χ4v) is 4.30. The number of hydrogen-bond donors (Lipinski definition) is 1. The first kappa shape index (κ1) is 20.6. The molecule has 0 radical (unpaired) electrons. The Labute approximate surface area is 163 Å². The summed E-state index contributed by atoms with van der Waals surface area (Å²) in [4.78, 5) is 14.1. The quantitative estimate of drug-likeness (QED) is 0.719. The fourth-order valence-electron chi connectivity index (χ4n) is 2.53. The minimum absolute atomic E-state index is 0.0643. The molecule has 0 aromatic heterocycles. The van der Waals surface area contributed by atoms with Crippen LogP contribution in [-0.2, 0) is 21.4 Å². The maximum atomic E-state index is 12.5. The highest BCUT2D eigenvalue weighted by molar-refractivity contribution is 9.10. The first-order chi connectivity index (χ1) is 12.2. The summed E-state index contributed by atoms with van der Waals surface area (Å²) in [6, 6.07) is 13.0. The van der Waals surface area contributed by atoms with Crippen LogP contribution in [0.2, 0.25) is 0 Å². The number of sulfonamides is 1. The van der Waals surface area contributed by atoms with E-state index in [4.69, 9.17) is 0 Å². The van der Waals surface area contributed by atoms with Gasteiger partial charge in [0.2, 0.25) is 15.9 Å². The first-order valence-corrected chi connectivity index (χ1v) is 10.5. The van der Waals surface area contributed by atoms with E-state index in [1.54, 1.807) is 31.0 Å². The lowest BCUT2D eigenvalue weighted by Crippen LogP contribution is -2.32. The minimum Gasteiger partial charge on any atom is -0.341 e. The van der Waals surface area contributed by atoms with Gasteiger partial charge in [0, 0.05) is 31.0 Å². The fraction of sp³-hybridized carbons (Fsp3) is 0.316. The van der Waals surface area contributed by atoms with Crippen LogP contribution in [0.5, 0.6) is 0 Å². The molecule has 0 aliphatic heterocycles. The maximum absolute atomic E-state index is 12.5. The SMILES string of the molecule is Cc1ccc(C)c(S(=O)(=O)NCCC(=O)N(C)Cc2ccccc2Br)c1. The molecule has 0 aliphatic rings. The Kier molecular flexibility index (Phi) is 6.97. The van der Waals surface area contributed by atoms with Crippen LogP contribution in [0.4, 0.5) is 0 Å². The van der Waals surface area contributed by atoms with Crippen molar-refractivity contribution in [3.8, 4) is 0 Å². The topological polar surface area (TPSA) is 66.5 Å². The van der Waals surface area contributed by atoms with Crippen molar-refractivity contribution in [1.29, 1.82) is 0 Å². The summed E-state index contributed by atoms with van der Waals surface area (Å²) in [6.45, 7) is 4.13. The van der Waals surface area contributed by atoms with Gasteiger partial charge in [0.05, 0.1) is 4.90 Å². The number of hydrogen-bond acceptors (Lipinski definition) is 3. The van der Waals surface area contributed by atoms with Gasteiger partial charge in [-0.3, -0.25) is 4.79 Å². The summed E-state index contributed by atoms with van der Waals surface area (Å²) in [5.74, 6) is -0.121. The zero-order valence-corrected chi connectivity index (χ0v) is 17.5. The van der Waals surface area contributed by atoms with Gasteiger partial charge in [-0.05, 0) is 42.7 Å². The number of rotatable bonds is 7. The Morgan fingerprint density at radius 3 is 2.54 bits per heavy atom. The lowest BCUT2D eigenvalue weighted by molar-refractivity contribution is -0.130. The minimum atomic E-state index is -3.63. The van der Waals surface area contributed by atoms with E-state index < -0.39 is 10.0 Å². The van der Waals surface area contributed by atoms with Gasteiger partial charge in [-0.1, -0.05) is 46.3 Å². The number of amides is 1. The first-order valence-electron chi connectivity index (χ1n) is 8.25. The highest BCUT2D eigenvalue weighted by atomic mass is 79.9. The van der Waals surface area contributed by atoms with E-state index in [0.29, 0.717) is 12.1 Å². The second kappa shape index (κ2) is 8.79. The van der Waals surface area contributed by atoms with Crippen LogP contribution in [0.25, 0.3) is 0 Å². The Bertz CT molecular complexity index is 897. The van der Waals surface area contributed by atoms with Crippen molar-refractivity contribution in [1.82, 2.24) is 9.62 Å². The van der Waals surface area contributed by atoms with E-state index in [-0.39, 0.29) is 23.8 Å². The number of halogens is 1. The molecular weight excluding hydrogens is 416 g/mol. The summed E-state index contributed by atoms with van der Waals surface area (Å²) >= 11 is 3.46. The summed E-state index contributed by atoms with van der Waals surface area (Å²) in [6.07, 6.45) is 0.102. The zero-order chi connectivity index (χ0) is 19.3. The van der Waals surface area contributed by atoms with Gasteiger partial charge in [0.25, 0.3) is 0 Å². The Morgan fingerprint density at radius 1 is 1.15 bits per heavy atom. The maximum Gasteiger partial charge on any atom is 0.240 e. The average Bonchev–Trinajstić information content (AvgIpc) is 2.58. The number of nitrogens with one attached hydrogen (secondary N) is 1. The van der Waals surface area contributed by atoms with Gasteiger partial charge in [0.1, 0.15) is 0 Å². The second-order valence-corrected chi connectivity index (χ2v) is 8.85. The molecule has 7 heteroatoms. The zero-order valence-electron chi connectivity index (χ0n) is 15.1. The van der Waals surface area contributed by atoms with Crippen molar-refractivity contribution in [2.45, 2.75) is 31.7 Å². The van der Waals surface area contributed by atoms with Crippen LogP contribution < -0.4 is 4.72 Å². The molecule has 0 heterocycles. The molecule has 0 spiro atoms. The molecule has 0 atom stereocenters. The largest absolute Gasteiger partial charge is 0.341 e. The molecular formula is C19H23BrN2O3S. The molecule has 1 amide bonds. The van der Waals surface area contributed by atoms with Crippen molar-refractivity contribution in [2.75, 3.05) is 13.6 Å². The van der Waals surface area contributed by atoms with Crippen molar-refractivity contribution >= 4 is 31.9 Å². The average molecular weight is 439 g/mol. The van der Waals surface area contributed by atoms with Gasteiger partial charge in [-0.15, -0.1) is 0 Å². The van der Waals surface area contributed by atoms with Crippen LogP contribution >= 0.6 is 15.9 Å². The molecule has 0 saturated heterocycles. The van der Waals surface area contributed by atoms with E-state index in [1.807, 2.05) is 37.3 Å². The van der Waals surface area contributed by atoms with Gasteiger partial charge in [0.15, 0.2) is 0 Å². The van der Waals surface area contributed by atoms with Crippen LogP contribution in [-0.4, -0.2) is 32.8 Å². The van der Waals surface area contributed by atoms with E-state index in [1.165, 1.54) is 0 Å². The van der Waals surface area contributed by atoms with Crippen LogP contribution in [0.15, 0.2) is 51.8 Å². The Hall–Kier alpha value is -1.70. The third-order valence-corrected chi connectivity index (χ3v) is 6.43. The van der Waals surface area contributed by atoms with Crippen molar-refractivity contribution in [2.24, 2.45) is 0 Å². The second-order valence-electron chi connectivity index (χ2n) is 6.26. The molecule has 2 aromatic carbocycles. The van der Waals surface area contributed by atoms with Crippen molar-refractivity contribution in [3.63, 3.8) is 0 Å². The lowest BCUT2D eigenvalue weighted by atomic mass is 10.2. The van der Waals surface area contributed by atoms with Gasteiger partial charge >= 0.3 is 0 Å². The standard InChI is InChI=1S/C19H23BrN2O3S/c1-14-8-9-15(2)18(12-14)26(24,25)21-11-10-19(23)22(3)13-16-6-4-5-7-17(16)20/h4-9,12,21H,10-11,13H2,1-3H3. The molecule has 140 valence electrons. The van der Waals surface area contributed by atoms with Gasteiger partial charge in [-0.25, -0.2) is 13.1 Å². The molecule has 2 rings (SSSR count). The van der Waals surface area contributed by atoms with Crippen molar-refractivity contribution in [3.05, 3.63) is 63.6 Å². The number of benzene rings is 2. The highest BCUT2D eigenvalue weighted by Gasteiger charge is 2.18. The number of aryl methyl sites for hydroxylation is 2. The number of nitrogens with zero attached hydrogens (tertiary/aromatic N) is 1. The summed E-state index contributed by atoms with van der Waals surface area (Å²) < 4.78 is 28.4. The predicted molar refractivity (Wildman–Crippen MR) is 106 cm³/mol. The van der Waals surface area contributed by atoms with Crippen molar-refractivity contribution < 1.29 is 13.2 Å². The molecule has 2 aromatic rings.